The van der Waals surface area contributed by atoms with Gasteiger partial charge in [-0.2, -0.15) is 13.2 Å². The second kappa shape index (κ2) is 6.09. The summed E-state index contributed by atoms with van der Waals surface area (Å²) in [5.74, 6) is -3.97. The normalized spacial score (nSPS) is 11.4. The van der Waals surface area contributed by atoms with Crippen LogP contribution in [-0.2, 0) is 0 Å². The number of carbonyl (C=O) groups excluding carboxylic acids is 1. The van der Waals surface area contributed by atoms with E-state index in [2.05, 4.69) is 0 Å². The van der Waals surface area contributed by atoms with Crippen LogP contribution < -0.4 is 11.1 Å². The third kappa shape index (κ3) is 4.58. The van der Waals surface area contributed by atoms with Gasteiger partial charge in [-0.25, -0.2) is 8.78 Å². The molecule has 0 aliphatic carbocycles. The Balaban J connectivity index is 2.62. The van der Waals surface area contributed by atoms with Crippen molar-refractivity contribution < 1.29 is 26.7 Å². The molecule has 0 saturated carbocycles. The Morgan fingerprint density at radius 1 is 1.32 bits per heavy atom. The van der Waals surface area contributed by atoms with Crippen molar-refractivity contribution in [3.05, 3.63) is 29.3 Å². The average Bonchev–Trinajstić information content (AvgIpc) is 2.29. The van der Waals surface area contributed by atoms with Gasteiger partial charge >= 0.3 is 5.51 Å². The summed E-state index contributed by atoms with van der Waals surface area (Å²) in [6.45, 7) is -0.378. The zero-order valence-electron chi connectivity index (χ0n) is 9.35. The maximum Gasteiger partial charge on any atom is 0.441 e. The third-order valence-electron chi connectivity index (χ3n) is 2.00. The van der Waals surface area contributed by atoms with Gasteiger partial charge in [0.15, 0.2) is 5.82 Å². The maximum atomic E-state index is 13.4. The number of amides is 1. The van der Waals surface area contributed by atoms with E-state index in [1.807, 2.05) is 5.32 Å². The van der Waals surface area contributed by atoms with Crippen molar-refractivity contribution in [2.45, 2.75) is 5.51 Å². The van der Waals surface area contributed by atoms with Crippen LogP contribution in [-0.4, -0.2) is 23.7 Å². The van der Waals surface area contributed by atoms with E-state index < -0.39 is 40.1 Å². The van der Waals surface area contributed by atoms with Gasteiger partial charge in [0.05, 0.1) is 5.69 Å². The van der Waals surface area contributed by atoms with Gasteiger partial charge in [-0.15, -0.1) is 0 Å². The highest BCUT2D eigenvalue weighted by atomic mass is 32.2. The van der Waals surface area contributed by atoms with E-state index in [-0.39, 0.29) is 18.3 Å². The summed E-state index contributed by atoms with van der Waals surface area (Å²) < 4.78 is 62.0. The van der Waals surface area contributed by atoms with Crippen LogP contribution in [0.3, 0.4) is 0 Å². The summed E-state index contributed by atoms with van der Waals surface area (Å²) in [6.07, 6.45) is 0. The number of halogens is 5. The van der Waals surface area contributed by atoms with Crippen molar-refractivity contribution in [2.75, 3.05) is 18.0 Å². The molecule has 1 amide bonds. The number of nitrogens with two attached hydrogens (primary N) is 1. The topological polar surface area (TPSA) is 55.1 Å². The molecule has 0 unspecified atom stereocenters. The molecule has 1 rings (SSSR count). The Labute approximate surface area is 109 Å². The Kier molecular flexibility index (Phi) is 4.98. The van der Waals surface area contributed by atoms with Crippen molar-refractivity contribution in [2.24, 2.45) is 0 Å². The quantitative estimate of drug-likeness (QED) is 0.510. The van der Waals surface area contributed by atoms with E-state index in [9.17, 15) is 26.7 Å². The van der Waals surface area contributed by atoms with Gasteiger partial charge in [-0.3, -0.25) is 4.79 Å². The lowest BCUT2D eigenvalue weighted by atomic mass is 10.1. The van der Waals surface area contributed by atoms with Crippen LogP contribution in [0.15, 0.2) is 12.1 Å². The number of nitrogens with one attached hydrogen (secondary N) is 1. The first-order chi connectivity index (χ1) is 8.72. The van der Waals surface area contributed by atoms with E-state index >= 15 is 0 Å². The minimum Gasteiger partial charge on any atom is -0.396 e. The minimum atomic E-state index is -4.42. The van der Waals surface area contributed by atoms with Crippen LogP contribution in [0.2, 0.25) is 0 Å². The standard InChI is InChI=1S/C10H9F5N2OS/c11-5-1-2-6(16)8(12)7(5)9(18)17-3-4-19-10(13,14)15/h1-2H,3-4,16H2,(H,17,18). The number of nitrogen functional groups attached to an aromatic ring is 1. The van der Waals surface area contributed by atoms with Crippen molar-refractivity contribution in [1.82, 2.24) is 5.32 Å². The molecule has 0 spiro atoms. The number of carbonyl (C=O) groups is 1. The van der Waals surface area contributed by atoms with Gasteiger partial charge in [0.2, 0.25) is 0 Å². The molecular weight excluding hydrogens is 291 g/mol. The zero-order chi connectivity index (χ0) is 14.6. The molecule has 0 fully saturated rings. The first-order valence-corrected chi connectivity index (χ1v) is 5.93. The molecule has 0 bridgehead atoms. The van der Waals surface area contributed by atoms with Crippen molar-refractivity contribution in [1.29, 1.82) is 0 Å². The first-order valence-electron chi connectivity index (χ1n) is 4.94. The van der Waals surface area contributed by atoms with Crippen molar-refractivity contribution in [3.63, 3.8) is 0 Å². The molecule has 1 aromatic rings. The predicted octanol–water partition coefficient (Wildman–Crippen LogP) is 2.53. The Morgan fingerprint density at radius 2 is 1.95 bits per heavy atom. The number of benzene rings is 1. The average molecular weight is 300 g/mol. The van der Waals surface area contributed by atoms with E-state index in [0.717, 1.165) is 12.1 Å². The van der Waals surface area contributed by atoms with E-state index in [4.69, 9.17) is 5.73 Å². The molecule has 0 aliphatic heterocycles. The number of hydrogen-bond donors (Lipinski definition) is 2. The molecule has 19 heavy (non-hydrogen) atoms. The van der Waals surface area contributed by atoms with Crippen LogP contribution in [0, 0.1) is 11.6 Å². The van der Waals surface area contributed by atoms with Crippen molar-refractivity contribution >= 4 is 23.4 Å². The lowest BCUT2D eigenvalue weighted by molar-refractivity contribution is -0.0327. The molecule has 0 heterocycles. The van der Waals surface area contributed by atoms with E-state index in [1.165, 1.54) is 0 Å². The highest BCUT2D eigenvalue weighted by molar-refractivity contribution is 8.00. The Hall–Kier alpha value is -1.51. The van der Waals surface area contributed by atoms with Gasteiger partial charge in [-0.05, 0) is 23.9 Å². The molecule has 9 heteroatoms. The number of anilines is 1. The lowest BCUT2D eigenvalue weighted by Crippen LogP contribution is -2.28. The molecule has 3 N–H and O–H groups in total. The van der Waals surface area contributed by atoms with E-state index in [0.29, 0.717) is 0 Å². The van der Waals surface area contributed by atoms with Crippen LogP contribution in [0.25, 0.3) is 0 Å². The Bertz CT molecular complexity index is 478. The molecule has 0 aliphatic rings. The fourth-order valence-electron chi connectivity index (χ4n) is 1.20. The smallest absolute Gasteiger partial charge is 0.396 e. The van der Waals surface area contributed by atoms with Gasteiger partial charge in [-0.1, -0.05) is 0 Å². The van der Waals surface area contributed by atoms with Crippen LogP contribution in [0.5, 0.6) is 0 Å². The fourth-order valence-corrected chi connectivity index (χ4v) is 1.63. The summed E-state index contributed by atoms with van der Waals surface area (Å²) in [5, 5.41) is 1.99. The lowest BCUT2D eigenvalue weighted by Gasteiger charge is -2.09. The molecule has 106 valence electrons. The minimum absolute atomic E-state index is 0.345. The van der Waals surface area contributed by atoms with Crippen LogP contribution in [0.1, 0.15) is 10.4 Å². The van der Waals surface area contributed by atoms with Gasteiger partial charge in [0, 0.05) is 12.3 Å². The first kappa shape index (κ1) is 15.5. The fraction of sp³-hybridized carbons (Fsp3) is 0.300. The van der Waals surface area contributed by atoms with Gasteiger partial charge in [0.25, 0.3) is 5.91 Å². The largest absolute Gasteiger partial charge is 0.441 e. The number of thioether (sulfide) groups is 1. The predicted molar refractivity (Wildman–Crippen MR) is 61.6 cm³/mol. The highest BCUT2D eigenvalue weighted by Gasteiger charge is 2.27. The van der Waals surface area contributed by atoms with Crippen LogP contribution >= 0.6 is 11.8 Å². The summed E-state index contributed by atoms with van der Waals surface area (Å²) in [7, 11) is 0. The summed E-state index contributed by atoms with van der Waals surface area (Å²) in [5.41, 5.74) is -0.579. The summed E-state index contributed by atoms with van der Waals surface area (Å²) in [6, 6.07) is 1.75. The zero-order valence-corrected chi connectivity index (χ0v) is 10.2. The maximum absolute atomic E-state index is 13.4. The van der Waals surface area contributed by atoms with Crippen LogP contribution in [0.4, 0.5) is 27.6 Å². The van der Waals surface area contributed by atoms with Gasteiger partial charge in [0.1, 0.15) is 11.4 Å². The van der Waals surface area contributed by atoms with Crippen molar-refractivity contribution in [3.8, 4) is 0 Å². The molecule has 0 aromatic heterocycles. The van der Waals surface area contributed by atoms with E-state index in [1.54, 1.807) is 0 Å². The highest BCUT2D eigenvalue weighted by Crippen LogP contribution is 2.29. The summed E-state index contributed by atoms with van der Waals surface area (Å²) in [4.78, 5) is 11.4. The molecule has 0 atom stereocenters. The molecule has 3 nitrogen and oxygen atoms in total. The Morgan fingerprint density at radius 3 is 2.53 bits per heavy atom. The molecule has 0 radical (unpaired) electrons. The van der Waals surface area contributed by atoms with Gasteiger partial charge < -0.3 is 11.1 Å². The monoisotopic (exact) mass is 300 g/mol. The summed E-state index contributed by atoms with van der Waals surface area (Å²) >= 11 is -0.345. The second-order valence-electron chi connectivity index (χ2n) is 3.38. The molecule has 1 aromatic carbocycles. The third-order valence-corrected chi connectivity index (χ3v) is 2.74. The second-order valence-corrected chi connectivity index (χ2v) is 4.54. The number of rotatable bonds is 4. The molecule has 0 saturated heterocycles. The molecular formula is C10H9F5N2OS. The number of alkyl halides is 3. The number of hydrogen-bond acceptors (Lipinski definition) is 3. The SMILES string of the molecule is Nc1ccc(F)c(C(=O)NCCSC(F)(F)F)c1F.